The van der Waals surface area contributed by atoms with Crippen LogP contribution in [0.25, 0.3) is 0 Å². The zero-order chi connectivity index (χ0) is 17.2. The maximum Gasteiger partial charge on any atom is 0.474 e. The third-order valence-corrected chi connectivity index (χ3v) is 3.50. The summed E-state index contributed by atoms with van der Waals surface area (Å²) in [6.07, 6.45) is 0.652. The number of ether oxygens (including phenoxy) is 2. The molecule has 0 aromatic rings. The Labute approximate surface area is 129 Å². The molecule has 2 atom stereocenters. The van der Waals surface area contributed by atoms with E-state index < -0.39 is 32.0 Å². The fourth-order valence-corrected chi connectivity index (χ4v) is 2.17. The second-order valence-corrected chi connectivity index (χ2v) is 5.90. The van der Waals surface area contributed by atoms with E-state index in [0.717, 1.165) is 19.3 Å². The van der Waals surface area contributed by atoms with Gasteiger partial charge >= 0.3 is 19.8 Å². The Balaban J connectivity index is 4.31. The lowest BCUT2D eigenvalue weighted by molar-refractivity contribution is -0.143. The third kappa shape index (κ3) is 8.74. The Morgan fingerprint density at radius 3 is 1.64 bits per heavy atom. The molecular weight excluding hydrogens is 315 g/mol. The lowest BCUT2D eigenvalue weighted by atomic mass is 10.4. The molecule has 0 saturated carbocycles. The lowest BCUT2D eigenvalue weighted by Gasteiger charge is -2.20. The van der Waals surface area contributed by atoms with E-state index in [4.69, 9.17) is 23.0 Å². The van der Waals surface area contributed by atoms with Gasteiger partial charge in [0.15, 0.2) is 0 Å². The summed E-state index contributed by atoms with van der Waals surface area (Å²) in [5.41, 5.74) is 0. The molecule has 0 bridgehead atoms. The van der Waals surface area contributed by atoms with E-state index in [0.29, 0.717) is 0 Å². The van der Waals surface area contributed by atoms with Crippen LogP contribution in [0.2, 0.25) is 0 Å². The van der Waals surface area contributed by atoms with Gasteiger partial charge in [-0.1, -0.05) is 13.2 Å². The van der Waals surface area contributed by atoms with Crippen molar-refractivity contribution in [2.24, 2.45) is 0 Å². The molecule has 0 saturated heterocycles. The fraction of sp³-hybridized carbons (Fsp3) is 0.538. The molecule has 0 rings (SSSR count). The summed E-state index contributed by atoms with van der Waals surface area (Å²) >= 11 is 0. The molecule has 0 heterocycles. The summed E-state index contributed by atoms with van der Waals surface area (Å²) in [4.78, 5) is 22.0. The highest BCUT2D eigenvalue weighted by atomic mass is 31.2. The van der Waals surface area contributed by atoms with Crippen molar-refractivity contribution in [2.75, 3.05) is 20.3 Å². The minimum atomic E-state index is -3.85. The first kappa shape index (κ1) is 20.5. The second kappa shape index (κ2) is 10.3. The molecule has 2 unspecified atom stereocenters. The Morgan fingerprint density at radius 2 is 1.36 bits per heavy atom. The normalized spacial score (nSPS) is 16.0. The predicted octanol–water partition coefficient (Wildman–Crippen LogP) is 2.01. The summed E-state index contributed by atoms with van der Waals surface area (Å²) in [6.45, 7) is 9.17. The van der Waals surface area contributed by atoms with Crippen molar-refractivity contribution in [3.63, 3.8) is 0 Å². The number of esters is 2. The third-order valence-electron chi connectivity index (χ3n) is 2.13. The Morgan fingerprint density at radius 1 is 1.00 bits per heavy atom. The summed E-state index contributed by atoms with van der Waals surface area (Å²) in [5, 5.41) is 0. The van der Waals surface area contributed by atoms with Crippen molar-refractivity contribution in [2.45, 2.75) is 26.1 Å². The highest BCUT2D eigenvalue weighted by molar-refractivity contribution is 7.48. The number of rotatable bonds is 11. The van der Waals surface area contributed by atoms with Crippen LogP contribution in [0.3, 0.4) is 0 Å². The van der Waals surface area contributed by atoms with E-state index in [1.165, 1.54) is 13.8 Å². The van der Waals surface area contributed by atoms with Crippen LogP contribution in [0.5, 0.6) is 0 Å². The summed E-state index contributed by atoms with van der Waals surface area (Å²) < 4.78 is 36.5. The topological polar surface area (TPSA) is 97.4 Å². The highest BCUT2D eigenvalue weighted by Crippen LogP contribution is 2.48. The molecular formula is C13H21O8P. The molecule has 0 aliphatic rings. The van der Waals surface area contributed by atoms with Crippen molar-refractivity contribution < 1.29 is 37.2 Å². The van der Waals surface area contributed by atoms with Crippen molar-refractivity contribution >= 4 is 19.8 Å². The molecule has 0 aromatic carbocycles. The van der Waals surface area contributed by atoms with Gasteiger partial charge < -0.3 is 9.47 Å². The van der Waals surface area contributed by atoms with E-state index in [1.54, 1.807) is 0 Å². The zero-order valence-electron chi connectivity index (χ0n) is 12.9. The molecule has 8 nitrogen and oxygen atoms in total. The Hall–Kier alpha value is -1.47. The quantitative estimate of drug-likeness (QED) is 0.321. The molecule has 0 aliphatic heterocycles. The van der Waals surface area contributed by atoms with Gasteiger partial charge in [-0.25, -0.2) is 14.2 Å². The maximum atomic E-state index is 12.1. The molecule has 9 heteroatoms. The number of carbonyl (C=O) groups is 2. The maximum absolute atomic E-state index is 12.1. The standard InChI is InChI=1S/C13H21O8P/c1-6-12(14)20-10(3)8-18-22(16,17-5)19-9-11(4)21-13(15)7-2/h6-7,10-11H,1-2,8-9H2,3-5H3. The average molecular weight is 336 g/mol. The van der Waals surface area contributed by atoms with E-state index >= 15 is 0 Å². The first-order chi connectivity index (χ1) is 10.3. The number of carbonyl (C=O) groups excluding carboxylic acids is 2. The number of phosphoric acid groups is 1. The molecule has 0 radical (unpaired) electrons. The summed E-state index contributed by atoms with van der Waals surface area (Å²) in [7, 11) is -2.71. The first-order valence-corrected chi connectivity index (χ1v) is 7.83. The van der Waals surface area contributed by atoms with Gasteiger partial charge in [0.05, 0.1) is 13.2 Å². The van der Waals surface area contributed by atoms with Crippen LogP contribution in [0.15, 0.2) is 25.3 Å². The van der Waals surface area contributed by atoms with E-state index in [2.05, 4.69) is 13.2 Å². The van der Waals surface area contributed by atoms with Crippen LogP contribution >= 0.6 is 7.82 Å². The van der Waals surface area contributed by atoms with Crippen LogP contribution in [-0.4, -0.2) is 44.5 Å². The Kier molecular flexibility index (Phi) is 9.60. The highest BCUT2D eigenvalue weighted by Gasteiger charge is 2.27. The van der Waals surface area contributed by atoms with Gasteiger partial charge in [0.1, 0.15) is 12.2 Å². The van der Waals surface area contributed by atoms with Gasteiger partial charge in [-0.15, -0.1) is 0 Å². The molecule has 0 fully saturated rings. The molecule has 0 aliphatic carbocycles. The van der Waals surface area contributed by atoms with Gasteiger partial charge in [0.2, 0.25) is 0 Å². The van der Waals surface area contributed by atoms with Gasteiger partial charge in [0.25, 0.3) is 0 Å². The summed E-state index contributed by atoms with van der Waals surface area (Å²) in [6, 6.07) is 0. The van der Waals surface area contributed by atoms with Crippen molar-refractivity contribution in [3.05, 3.63) is 25.3 Å². The molecule has 0 aromatic heterocycles. The number of hydrogen-bond acceptors (Lipinski definition) is 8. The Bertz CT molecular complexity index is 411. The SMILES string of the molecule is C=CC(=O)OC(C)COP(=O)(OC)OCC(C)OC(=O)C=C. The smallest absolute Gasteiger partial charge is 0.457 e. The minimum absolute atomic E-state index is 0.203. The zero-order valence-corrected chi connectivity index (χ0v) is 13.7. The van der Waals surface area contributed by atoms with E-state index in [9.17, 15) is 14.2 Å². The fourth-order valence-electron chi connectivity index (χ4n) is 1.10. The predicted molar refractivity (Wildman–Crippen MR) is 78.0 cm³/mol. The lowest BCUT2D eigenvalue weighted by Crippen LogP contribution is -2.21. The number of hydrogen-bond donors (Lipinski definition) is 0. The molecule has 0 N–H and O–H groups in total. The van der Waals surface area contributed by atoms with E-state index in [1.807, 2.05) is 0 Å². The van der Waals surface area contributed by atoms with Crippen LogP contribution < -0.4 is 0 Å². The minimum Gasteiger partial charge on any atom is -0.457 e. The molecule has 0 spiro atoms. The van der Waals surface area contributed by atoms with Gasteiger partial charge in [-0.3, -0.25) is 13.6 Å². The number of phosphoric ester groups is 1. The van der Waals surface area contributed by atoms with Crippen molar-refractivity contribution in [3.8, 4) is 0 Å². The van der Waals surface area contributed by atoms with Crippen molar-refractivity contribution in [1.29, 1.82) is 0 Å². The van der Waals surface area contributed by atoms with Crippen LogP contribution in [0, 0.1) is 0 Å². The first-order valence-electron chi connectivity index (χ1n) is 6.37. The van der Waals surface area contributed by atoms with Crippen LogP contribution in [0.4, 0.5) is 0 Å². The van der Waals surface area contributed by atoms with Gasteiger partial charge in [-0.2, -0.15) is 0 Å². The van der Waals surface area contributed by atoms with Crippen LogP contribution in [-0.2, 0) is 37.2 Å². The molecule has 22 heavy (non-hydrogen) atoms. The molecule has 0 amide bonds. The largest absolute Gasteiger partial charge is 0.474 e. The van der Waals surface area contributed by atoms with Gasteiger partial charge in [-0.05, 0) is 13.8 Å². The molecule has 126 valence electrons. The van der Waals surface area contributed by atoms with E-state index in [-0.39, 0.29) is 13.2 Å². The van der Waals surface area contributed by atoms with Gasteiger partial charge in [0, 0.05) is 19.3 Å². The summed E-state index contributed by atoms with van der Waals surface area (Å²) in [5.74, 6) is -1.26. The van der Waals surface area contributed by atoms with Crippen molar-refractivity contribution in [1.82, 2.24) is 0 Å². The monoisotopic (exact) mass is 336 g/mol. The average Bonchev–Trinajstić information content (AvgIpc) is 2.50. The van der Waals surface area contributed by atoms with Crippen LogP contribution in [0.1, 0.15) is 13.8 Å². The second-order valence-electron chi connectivity index (χ2n) is 4.12.